The SMILES string of the molecule is COC(=O)C=C(C)C=C[C@@]1(O)C(C)=C(C)C(=O)CC1(C)C. The minimum atomic E-state index is -1.21. The number of aliphatic hydroxyl groups is 1. The third-order valence-electron chi connectivity index (χ3n) is 4.32. The number of esters is 1. The first-order valence-corrected chi connectivity index (χ1v) is 6.94. The maximum atomic E-state index is 12.0. The highest BCUT2D eigenvalue weighted by molar-refractivity contribution is 5.97. The summed E-state index contributed by atoms with van der Waals surface area (Å²) in [4.78, 5) is 23.2. The second-order valence-electron chi connectivity index (χ2n) is 6.25. The van der Waals surface area contributed by atoms with Gasteiger partial charge in [-0.1, -0.05) is 19.9 Å². The monoisotopic (exact) mass is 292 g/mol. The Hall–Kier alpha value is -1.68. The first-order valence-electron chi connectivity index (χ1n) is 6.94. The molecule has 0 unspecified atom stereocenters. The van der Waals surface area contributed by atoms with Crippen LogP contribution in [0.3, 0.4) is 0 Å². The van der Waals surface area contributed by atoms with E-state index in [1.807, 2.05) is 13.8 Å². The van der Waals surface area contributed by atoms with Crippen LogP contribution in [0.1, 0.15) is 41.0 Å². The normalized spacial score (nSPS) is 26.4. The maximum Gasteiger partial charge on any atom is 0.330 e. The molecule has 4 nitrogen and oxygen atoms in total. The van der Waals surface area contributed by atoms with Gasteiger partial charge in [0.1, 0.15) is 5.60 Å². The summed E-state index contributed by atoms with van der Waals surface area (Å²) in [5, 5.41) is 11.1. The predicted octanol–water partition coefficient (Wildman–Crippen LogP) is 2.73. The third-order valence-corrected chi connectivity index (χ3v) is 4.32. The number of allylic oxidation sites excluding steroid dienone is 3. The topological polar surface area (TPSA) is 63.6 Å². The van der Waals surface area contributed by atoms with Crippen molar-refractivity contribution in [3.63, 3.8) is 0 Å². The molecule has 1 N–H and O–H groups in total. The molecular weight excluding hydrogens is 268 g/mol. The van der Waals surface area contributed by atoms with E-state index >= 15 is 0 Å². The highest BCUT2D eigenvalue weighted by Crippen LogP contribution is 2.46. The number of ether oxygens (including phenoxy) is 1. The smallest absolute Gasteiger partial charge is 0.330 e. The van der Waals surface area contributed by atoms with E-state index in [2.05, 4.69) is 4.74 Å². The van der Waals surface area contributed by atoms with E-state index in [-0.39, 0.29) is 12.2 Å². The van der Waals surface area contributed by atoms with Gasteiger partial charge in [0.25, 0.3) is 0 Å². The van der Waals surface area contributed by atoms with Crippen molar-refractivity contribution >= 4 is 11.8 Å². The first kappa shape index (κ1) is 17.4. The minimum Gasteiger partial charge on any atom is -0.466 e. The van der Waals surface area contributed by atoms with Crippen LogP contribution in [0.25, 0.3) is 0 Å². The van der Waals surface area contributed by atoms with Crippen molar-refractivity contribution in [2.75, 3.05) is 7.11 Å². The molecule has 1 atom stereocenters. The first-order chi connectivity index (χ1) is 9.55. The molecule has 21 heavy (non-hydrogen) atoms. The second kappa shape index (κ2) is 5.98. The summed E-state index contributed by atoms with van der Waals surface area (Å²) in [5.74, 6) is -0.372. The molecule has 1 aliphatic carbocycles. The summed E-state index contributed by atoms with van der Waals surface area (Å²) < 4.78 is 4.57. The average Bonchev–Trinajstić information content (AvgIpc) is 2.40. The molecule has 0 aromatic carbocycles. The third kappa shape index (κ3) is 3.32. The Morgan fingerprint density at radius 2 is 1.90 bits per heavy atom. The molecule has 4 heteroatoms. The Bertz CT molecular complexity index is 549. The van der Waals surface area contributed by atoms with Crippen LogP contribution in [0.5, 0.6) is 0 Å². The molecule has 0 saturated heterocycles. The summed E-state index contributed by atoms with van der Waals surface area (Å²) in [6.07, 6.45) is 4.99. The van der Waals surface area contributed by atoms with Gasteiger partial charge >= 0.3 is 5.97 Å². The van der Waals surface area contributed by atoms with Crippen molar-refractivity contribution in [2.45, 2.75) is 46.6 Å². The molecule has 0 heterocycles. The van der Waals surface area contributed by atoms with E-state index < -0.39 is 17.0 Å². The summed E-state index contributed by atoms with van der Waals surface area (Å²) in [5.41, 5.74) is 0.127. The van der Waals surface area contributed by atoms with Gasteiger partial charge in [0.15, 0.2) is 5.78 Å². The van der Waals surface area contributed by atoms with Gasteiger partial charge in [-0.2, -0.15) is 0 Å². The van der Waals surface area contributed by atoms with Crippen molar-refractivity contribution in [3.05, 3.63) is 34.9 Å². The average molecular weight is 292 g/mol. The number of carbonyl (C=O) groups excluding carboxylic acids is 2. The molecule has 1 rings (SSSR count). The number of carbonyl (C=O) groups is 2. The fraction of sp³-hybridized carbons (Fsp3) is 0.529. The van der Waals surface area contributed by atoms with Gasteiger partial charge in [0, 0.05) is 17.9 Å². The molecule has 1 aliphatic rings. The molecule has 0 aliphatic heterocycles. The Kier molecular flexibility index (Phi) is 4.95. The minimum absolute atomic E-state index is 0.0670. The van der Waals surface area contributed by atoms with Crippen LogP contribution in [-0.2, 0) is 14.3 Å². The van der Waals surface area contributed by atoms with Gasteiger partial charge in [-0.05, 0) is 43.6 Å². The van der Waals surface area contributed by atoms with E-state index in [1.165, 1.54) is 13.2 Å². The lowest BCUT2D eigenvalue weighted by atomic mass is 9.62. The van der Waals surface area contributed by atoms with Crippen molar-refractivity contribution in [3.8, 4) is 0 Å². The molecule has 0 fully saturated rings. The van der Waals surface area contributed by atoms with Gasteiger partial charge in [0.05, 0.1) is 7.11 Å². The van der Waals surface area contributed by atoms with E-state index in [4.69, 9.17) is 0 Å². The molecule has 0 saturated carbocycles. The summed E-state index contributed by atoms with van der Waals surface area (Å²) >= 11 is 0. The van der Waals surface area contributed by atoms with Gasteiger partial charge in [-0.15, -0.1) is 0 Å². The lowest BCUT2D eigenvalue weighted by Gasteiger charge is -2.45. The van der Waals surface area contributed by atoms with Gasteiger partial charge < -0.3 is 9.84 Å². The van der Waals surface area contributed by atoms with Crippen LogP contribution in [0.2, 0.25) is 0 Å². The van der Waals surface area contributed by atoms with Crippen LogP contribution in [0.4, 0.5) is 0 Å². The fourth-order valence-electron chi connectivity index (χ4n) is 2.57. The Morgan fingerprint density at radius 1 is 1.33 bits per heavy atom. The van der Waals surface area contributed by atoms with Crippen molar-refractivity contribution in [1.29, 1.82) is 0 Å². The highest BCUT2D eigenvalue weighted by atomic mass is 16.5. The van der Waals surface area contributed by atoms with Crippen LogP contribution in [0.15, 0.2) is 34.9 Å². The van der Waals surface area contributed by atoms with Crippen LogP contribution in [0, 0.1) is 5.41 Å². The molecule has 0 bridgehead atoms. The number of hydrogen-bond acceptors (Lipinski definition) is 4. The summed E-state index contributed by atoms with van der Waals surface area (Å²) in [7, 11) is 1.31. The highest BCUT2D eigenvalue weighted by Gasteiger charge is 2.48. The zero-order valence-corrected chi connectivity index (χ0v) is 13.6. The Labute approximate surface area is 126 Å². The lowest BCUT2D eigenvalue weighted by Crippen LogP contribution is -2.49. The van der Waals surface area contributed by atoms with Gasteiger partial charge in [0.2, 0.25) is 0 Å². The van der Waals surface area contributed by atoms with Gasteiger partial charge in [-0.3, -0.25) is 4.79 Å². The van der Waals surface area contributed by atoms with E-state index in [0.29, 0.717) is 16.7 Å². The number of hydrogen-bond donors (Lipinski definition) is 1. The fourth-order valence-corrected chi connectivity index (χ4v) is 2.57. The molecular formula is C17H24O4. The van der Waals surface area contributed by atoms with E-state index in [9.17, 15) is 14.7 Å². The van der Waals surface area contributed by atoms with Crippen molar-refractivity contribution < 1.29 is 19.4 Å². The molecule has 0 spiro atoms. The Balaban J connectivity index is 3.22. The quantitative estimate of drug-likeness (QED) is 0.493. The summed E-state index contributed by atoms with van der Waals surface area (Å²) in [6.45, 7) is 9.00. The van der Waals surface area contributed by atoms with E-state index in [1.54, 1.807) is 32.9 Å². The predicted molar refractivity (Wildman–Crippen MR) is 81.6 cm³/mol. The molecule has 0 amide bonds. The largest absolute Gasteiger partial charge is 0.466 e. The number of rotatable bonds is 3. The summed E-state index contributed by atoms with van der Waals surface area (Å²) in [6, 6.07) is 0. The van der Waals surface area contributed by atoms with Crippen LogP contribution < -0.4 is 0 Å². The Morgan fingerprint density at radius 3 is 2.43 bits per heavy atom. The van der Waals surface area contributed by atoms with Crippen molar-refractivity contribution in [2.24, 2.45) is 5.41 Å². The lowest BCUT2D eigenvalue weighted by molar-refractivity contribution is -0.134. The zero-order valence-electron chi connectivity index (χ0n) is 13.6. The number of methoxy groups -OCH3 is 1. The van der Waals surface area contributed by atoms with E-state index in [0.717, 1.165) is 0 Å². The van der Waals surface area contributed by atoms with Crippen LogP contribution in [-0.4, -0.2) is 29.6 Å². The zero-order chi connectivity index (χ0) is 16.4. The molecule has 116 valence electrons. The number of Topliss-reactive ketones (excluding diaryl/α,β-unsaturated/α-hetero) is 1. The molecule has 0 aromatic heterocycles. The second-order valence-corrected chi connectivity index (χ2v) is 6.25. The molecule has 0 aromatic rings. The van der Waals surface area contributed by atoms with Crippen LogP contribution >= 0.6 is 0 Å². The standard InChI is InChI=1S/C17H24O4/c1-11(9-15(19)21-6)7-8-17(20)13(3)12(2)14(18)10-16(17,4)5/h7-9,20H,10H2,1-6H3/t17-/m1/s1. The van der Waals surface area contributed by atoms with Gasteiger partial charge in [-0.25, -0.2) is 4.79 Å². The van der Waals surface area contributed by atoms with Crippen molar-refractivity contribution in [1.82, 2.24) is 0 Å². The molecule has 0 radical (unpaired) electrons. The maximum absolute atomic E-state index is 12.0. The number of ketones is 1.